The number of thiophene rings is 1. The summed E-state index contributed by atoms with van der Waals surface area (Å²) >= 11 is 1.71. The first-order valence-electron chi connectivity index (χ1n) is 8.08. The molecular formula is C17H26N2O2S. The minimum absolute atomic E-state index is 0.00890. The van der Waals surface area contributed by atoms with E-state index >= 15 is 0 Å². The molecule has 1 fully saturated rings. The maximum atomic E-state index is 12.4. The van der Waals surface area contributed by atoms with E-state index in [2.05, 4.69) is 30.6 Å². The first kappa shape index (κ1) is 17.0. The molecule has 1 aromatic heterocycles. The summed E-state index contributed by atoms with van der Waals surface area (Å²) in [5.41, 5.74) is 0. The molecule has 1 aliphatic rings. The van der Waals surface area contributed by atoms with E-state index in [9.17, 15) is 9.59 Å². The van der Waals surface area contributed by atoms with Crippen molar-refractivity contribution in [1.82, 2.24) is 10.2 Å². The van der Waals surface area contributed by atoms with Gasteiger partial charge in [0, 0.05) is 30.4 Å². The van der Waals surface area contributed by atoms with Gasteiger partial charge >= 0.3 is 0 Å². The zero-order chi connectivity index (χ0) is 16.1. The normalized spacial score (nSPS) is 22.2. The van der Waals surface area contributed by atoms with E-state index in [-0.39, 0.29) is 23.8 Å². The molecule has 1 aliphatic heterocycles. The van der Waals surface area contributed by atoms with Gasteiger partial charge in [-0.15, -0.1) is 11.3 Å². The molecule has 0 aromatic carbocycles. The van der Waals surface area contributed by atoms with Gasteiger partial charge in [-0.25, -0.2) is 0 Å². The smallest absolute Gasteiger partial charge is 0.225 e. The SMILES string of the molecule is CC(C)CN1C(=O)CC[C@@H](C(=O)NCCc2cccs2)[C@H]1C. The molecule has 2 atom stereocenters. The summed E-state index contributed by atoms with van der Waals surface area (Å²) in [5, 5.41) is 5.09. The molecule has 2 rings (SSSR count). The van der Waals surface area contributed by atoms with Crippen LogP contribution >= 0.6 is 11.3 Å². The second-order valence-electron chi connectivity index (χ2n) is 6.45. The Balaban J connectivity index is 1.87. The van der Waals surface area contributed by atoms with Crippen molar-refractivity contribution in [1.29, 1.82) is 0 Å². The molecule has 22 heavy (non-hydrogen) atoms. The lowest BCUT2D eigenvalue weighted by atomic mass is 9.88. The minimum Gasteiger partial charge on any atom is -0.355 e. The Bertz CT molecular complexity index is 499. The van der Waals surface area contributed by atoms with Crippen LogP contribution in [-0.4, -0.2) is 35.8 Å². The van der Waals surface area contributed by atoms with Crippen molar-refractivity contribution in [2.45, 2.75) is 46.1 Å². The van der Waals surface area contributed by atoms with E-state index in [1.165, 1.54) is 4.88 Å². The van der Waals surface area contributed by atoms with Gasteiger partial charge in [-0.3, -0.25) is 9.59 Å². The molecule has 0 spiro atoms. The van der Waals surface area contributed by atoms with Crippen LogP contribution in [0.4, 0.5) is 0 Å². The largest absolute Gasteiger partial charge is 0.355 e. The molecule has 1 saturated heterocycles. The quantitative estimate of drug-likeness (QED) is 0.875. The molecule has 4 nitrogen and oxygen atoms in total. The van der Waals surface area contributed by atoms with Gasteiger partial charge in [0.15, 0.2) is 0 Å². The van der Waals surface area contributed by atoms with Crippen molar-refractivity contribution in [3.63, 3.8) is 0 Å². The van der Waals surface area contributed by atoms with E-state index in [4.69, 9.17) is 0 Å². The molecule has 1 N–H and O–H groups in total. The third kappa shape index (κ3) is 4.32. The third-order valence-electron chi connectivity index (χ3n) is 4.21. The van der Waals surface area contributed by atoms with E-state index in [1.54, 1.807) is 11.3 Å². The Labute approximate surface area is 136 Å². The van der Waals surface area contributed by atoms with Gasteiger partial charge in [-0.05, 0) is 37.1 Å². The van der Waals surface area contributed by atoms with Gasteiger partial charge in [0.05, 0.1) is 5.92 Å². The predicted octanol–water partition coefficient (Wildman–Crippen LogP) is 2.69. The molecule has 0 radical (unpaired) electrons. The number of carbonyl (C=O) groups is 2. The van der Waals surface area contributed by atoms with Gasteiger partial charge in [0.25, 0.3) is 0 Å². The van der Waals surface area contributed by atoms with Crippen LogP contribution < -0.4 is 5.32 Å². The van der Waals surface area contributed by atoms with E-state index in [1.807, 2.05) is 17.9 Å². The molecule has 1 aromatic rings. The Morgan fingerprint density at radius 3 is 2.91 bits per heavy atom. The lowest BCUT2D eigenvalue weighted by Crippen LogP contribution is -2.52. The van der Waals surface area contributed by atoms with Crippen molar-refractivity contribution in [3.05, 3.63) is 22.4 Å². The van der Waals surface area contributed by atoms with Crippen molar-refractivity contribution in [2.24, 2.45) is 11.8 Å². The van der Waals surface area contributed by atoms with Crippen LogP contribution in [0.5, 0.6) is 0 Å². The fourth-order valence-corrected chi connectivity index (χ4v) is 3.72. The van der Waals surface area contributed by atoms with E-state index < -0.39 is 0 Å². The van der Waals surface area contributed by atoms with Crippen LogP contribution in [-0.2, 0) is 16.0 Å². The molecule has 0 aliphatic carbocycles. The monoisotopic (exact) mass is 322 g/mol. The van der Waals surface area contributed by atoms with Gasteiger partial charge in [-0.2, -0.15) is 0 Å². The maximum Gasteiger partial charge on any atom is 0.225 e. The second-order valence-corrected chi connectivity index (χ2v) is 7.48. The fraction of sp³-hybridized carbons (Fsp3) is 0.647. The number of likely N-dealkylation sites (tertiary alicyclic amines) is 1. The number of piperidine rings is 1. The van der Waals surface area contributed by atoms with Crippen LogP contribution in [0.1, 0.15) is 38.5 Å². The highest BCUT2D eigenvalue weighted by molar-refractivity contribution is 7.09. The van der Waals surface area contributed by atoms with Crippen LogP contribution in [0.3, 0.4) is 0 Å². The number of nitrogens with zero attached hydrogens (tertiary/aromatic N) is 1. The third-order valence-corrected chi connectivity index (χ3v) is 5.15. The number of carbonyl (C=O) groups excluding carboxylic acids is 2. The highest BCUT2D eigenvalue weighted by Gasteiger charge is 2.36. The molecule has 2 heterocycles. The van der Waals surface area contributed by atoms with Gasteiger partial charge in [-0.1, -0.05) is 19.9 Å². The Hall–Kier alpha value is -1.36. The highest BCUT2D eigenvalue weighted by atomic mass is 32.1. The first-order chi connectivity index (χ1) is 10.5. The molecule has 0 unspecified atom stereocenters. The zero-order valence-electron chi connectivity index (χ0n) is 13.7. The summed E-state index contributed by atoms with van der Waals surface area (Å²) in [6, 6.07) is 4.11. The summed E-state index contributed by atoms with van der Waals surface area (Å²) in [6.07, 6.45) is 2.03. The molecule has 0 bridgehead atoms. The Morgan fingerprint density at radius 2 is 2.27 bits per heavy atom. The minimum atomic E-state index is -0.0835. The topological polar surface area (TPSA) is 49.4 Å². The zero-order valence-corrected chi connectivity index (χ0v) is 14.5. The van der Waals surface area contributed by atoms with Crippen LogP contribution in [0.25, 0.3) is 0 Å². The molecule has 122 valence electrons. The number of nitrogens with one attached hydrogen (secondary N) is 1. The average molecular weight is 322 g/mol. The maximum absolute atomic E-state index is 12.4. The molecule has 5 heteroatoms. The summed E-state index contributed by atoms with van der Waals surface area (Å²) in [6.45, 7) is 7.61. The van der Waals surface area contributed by atoms with Crippen molar-refractivity contribution in [3.8, 4) is 0 Å². The predicted molar refractivity (Wildman–Crippen MR) is 89.8 cm³/mol. The summed E-state index contributed by atoms with van der Waals surface area (Å²) in [4.78, 5) is 27.7. The Morgan fingerprint density at radius 1 is 1.50 bits per heavy atom. The van der Waals surface area contributed by atoms with Crippen molar-refractivity contribution in [2.75, 3.05) is 13.1 Å². The van der Waals surface area contributed by atoms with Gasteiger partial charge in [0.1, 0.15) is 0 Å². The number of hydrogen-bond donors (Lipinski definition) is 1. The summed E-state index contributed by atoms with van der Waals surface area (Å²) in [5.74, 6) is 0.612. The number of amides is 2. The fourth-order valence-electron chi connectivity index (χ4n) is 3.01. The standard InChI is InChI=1S/C17H26N2O2S/c1-12(2)11-19-13(3)15(6-7-16(19)20)17(21)18-9-8-14-5-4-10-22-14/h4-5,10,12-13,15H,6-9,11H2,1-3H3,(H,18,21)/t13-,15-/m1/s1. The molecule has 0 saturated carbocycles. The molecular weight excluding hydrogens is 296 g/mol. The lowest BCUT2D eigenvalue weighted by Gasteiger charge is -2.39. The van der Waals surface area contributed by atoms with Crippen molar-refractivity contribution >= 4 is 23.2 Å². The van der Waals surface area contributed by atoms with E-state index in [0.29, 0.717) is 25.3 Å². The summed E-state index contributed by atoms with van der Waals surface area (Å²) < 4.78 is 0. The van der Waals surface area contributed by atoms with Crippen LogP contribution in [0.2, 0.25) is 0 Å². The number of rotatable bonds is 6. The van der Waals surface area contributed by atoms with E-state index in [0.717, 1.165) is 13.0 Å². The summed E-state index contributed by atoms with van der Waals surface area (Å²) in [7, 11) is 0. The lowest BCUT2D eigenvalue weighted by molar-refractivity contribution is -0.142. The number of hydrogen-bond acceptors (Lipinski definition) is 3. The second kappa shape index (κ2) is 7.77. The Kier molecular flexibility index (Phi) is 6.00. The van der Waals surface area contributed by atoms with Gasteiger partial charge < -0.3 is 10.2 Å². The first-order valence-corrected chi connectivity index (χ1v) is 8.96. The average Bonchev–Trinajstić information content (AvgIpc) is 2.96. The van der Waals surface area contributed by atoms with Crippen LogP contribution in [0.15, 0.2) is 17.5 Å². The molecule has 2 amide bonds. The highest BCUT2D eigenvalue weighted by Crippen LogP contribution is 2.25. The van der Waals surface area contributed by atoms with Crippen LogP contribution in [0, 0.1) is 11.8 Å². The van der Waals surface area contributed by atoms with Crippen molar-refractivity contribution < 1.29 is 9.59 Å². The van der Waals surface area contributed by atoms with Gasteiger partial charge in [0.2, 0.25) is 11.8 Å².